The number of thiophene rings is 1. The monoisotopic (exact) mass is 384 g/mol. The van der Waals surface area contributed by atoms with Crippen LogP contribution in [0.3, 0.4) is 0 Å². The van der Waals surface area contributed by atoms with Gasteiger partial charge in [-0.1, -0.05) is 0 Å². The van der Waals surface area contributed by atoms with E-state index in [1.807, 2.05) is 19.9 Å². The number of ether oxygens (including phenoxy) is 1. The van der Waals surface area contributed by atoms with Gasteiger partial charge in [-0.25, -0.2) is 13.1 Å². The zero-order valence-electron chi connectivity index (χ0n) is 14.5. The van der Waals surface area contributed by atoms with E-state index in [1.54, 1.807) is 6.07 Å². The third-order valence-corrected chi connectivity index (χ3v) is 7.42. The van der Waals surface area contributed by atoms with Crippen LogP contribution in [-0.4, -0.2) is 62.9 Å². The summed E-state index contributed by atoms with van der Waals surface area (Å²) in [5.41, 5.74) is 2.86. The lowest BCUT2D eigenvalue weighted by Gasteiger charge is -2.26. The van der Waals surface area contributed by atoms with Gasteiger partial charge in [-0.2, -0.15) is 5.10 Å². The molecular formula is C16H24N4O3S2. The summed E-state index contributed by atoms with van der Waals surface area (Å²) in [6, 6.07) is 3.46. The molecule has 0 bridgehead atoms. The molecule has 25 heavy (non-hydrogen) atoms. The summed E-state index contributed by atoms with van der Waals surface area (Å²) in [6.07, 6.45) is 0.787. The predicted octanol–water partition coefficient (Wildman–Crippen LogP) is 1.76. The predicted molar refractivity (Wildman–Crippen MR) is 98.4 cm³/mol. The molecule has 7 nitrogen and oxygen atoms in total. The summed E-state index contributed by atoms with van der Waals surface area (Å²) in [5, 5.41) is 7.20. The fourth-order valence-corrected chi connectivity index (χ4v) is 5.19. The molecule has 1 aliphatic heterocycles. The fraction of sp³-hybridized carbons (Fsp3) is 0.562. The molecule has 2 aromatic rings. The molecule has 2 N–H and O–H groups in total. The van der Waals surface area contributed by atoms with Crippen LogP contribution in [-0.2, 0) is 14.8 Å². The Morgan fingerprint density at radius 3 is 2.76 bits per heavy atom. The lowest BCUT2D eigenvalue weighted by atomic mass is 10.2. The zero-order valence-corrected chi connectivity index (χ0v) is 16.2. The Hall–Kier alpha value is -1.26. The molecule has 3 rings (SSSR count). The first-order valence-electron chi connectivity index (χ1n) is 8.39. The summed E-state index contributed by atoms with van der Waals surface area (Å²) in [6.45, 7) is 8.61. The molecule has 1 aliphatic rings. The van der Waals surface area contributed by atoms with Gasteiger partial charge in [0.05, 0.1) is 18.1 Å². The van der Waals surface area contributed by atoms with Crippen molar-refractivity contribution in [1.82, 2.24) is 19.8 Å². The second kappa shape index (κ2) is 7.96. The van der Waals surface area contributed by atoms with E-state index < -0.39 is 10.0 Å². The molecule has 0 unspecified atom stereocenters. The Labute approximate surface area is 152 Å². The molecule has 0 amide bonds. The lowest BCUT2D eigenvalue weighted by Crippen LogP contribution is -2.38. The number of aryl methyl sites for hydroxylation is 1. The second-order valence-electron chi connectivity index (χ2n) is 6.15. The van der Waals surface area contributed by atoms with Crippen LogP contribution in [0.4, 0.5) is 0 Å². The third-order valence-electron chi connectivity index (χ3n) is 4.38. The lowest BCUT2D eigenvalue weighted by molar-refractivity contribution is 0.0376. The van der Waals surface area contributed by atoms with E-state index in [0.717, 1.165) is 61.1 Å². The van der Waals surface area contributed by atoms with Crippen molar-refractivity contribution in [1.29, 1.82) is 0 Å². The van der Waals surface area contributed by atoms with Gasteiger partial charge < -0.3 is 4.74 Å². The highest BCUT2D eigenvalue weighted by atomic mass is 32.2. The largest absolute Gasteiger partial charge is 0.379 e. The Balaban J connectivity index is 1.56. The normalized spacial score (nSPS) is 16.4. The number of nitrogens with one attached hydrogen (secondary N) is 2. The van der Waals surface area contributed by atoms with Gasteiger partial charge in [-0.15, -0.1) is 11.3 Å². The third kappa shape index (κ3) is 4.48. The zero-order chi connectivity index (χ0) is 17.9. The minimum Gasteiger partial charge on any atom is -0.379 e. The summed E-state index contributed by atoms with van der Waals surface area (Å²) in [7, 11) is -3.47. The molecule has 1 saturated heterocycles. The van der Waals surface area contributed by atoms with Gasteiger partial charge >= 0.3 is 0 Å². The van der Waals surface area contributed by atoms with Crippen molar-refractivity contribution in [2.45, 2.75) is 24.5 Å². The van der Waals surface area contributed by atoms with Crippen LogP contribution < -0.4 is 4.72 Å². The van der Waals surface area contributed by atoms with Gasteiger partial charge in [0.2, 0.25) is 10.0 Å². The first-order chi connectivity index (χ1) is 12.0. The van der Waals surface area contributed by atoms with E-state index in [4.69, 9.17) is 4.74 Å². The highest BCUT2D eigenvalue weighted by molar-refractivity contribution is 7.91. The Kier molecular flexibility index (Phi) is 5.90. The average molecular weight is 385 g/mol. The SMILES string of the molecule is Cc1[nH]nc(-c2ccc(S(=O)(=O)NCCCN3CCOCC3)s2)c1C. The molecule has 0 aromatic carbocycles. The Morgan fingerprint density at radius 1 is 1.32 bits per heavy atom. The molecule has 2 aromatic heterocycles. The van der Waals surface area contributed by atoms with Crippen LogP contribution in [0.15, 0.2) is 16.3 Å². The van der Waals surface area contributed by atoms with Crippen molar-refractivity contribution >= 4 is 21.4 Å². The van der Waals surface area contributed by atoms with Crippen LogP contribution in [0.2, 0.25) is 0 Å². The van der Waals surface area contributed by atoms with Crippen molar-refractivity contribution in [2.75, 3.05) is 39.4 Å². The highest BCUT2D eigenvalue weighted by Crippen LogP contribution is 2.32. The molecule has 0 radical (unpaired) electrons. The molecule has 138 valence electrons. The standard InChI is InChI=1S/C16H24N4O3S2/c1-12-13(2)18-19-16(12)14-4-5-15(24-14)25(21,22)17-6-3-7-20-8-10-23-11-9-20/h4-5,17H,3,6-11H2,1-2H3,(H,18,19). The molecule has 1 fully saturated rings. The van der Waals surface area contributed by atoms with Crippen LogP contribution in [0, 0.1) is 13.8 Å². The second-order valence-corrected chi connectivity index (χ2v) is 9.22. The van der Waals surface area contributed by atoms with Gasteiger partial charge in [0.1, 0.15) is 9.90 Å². The van der Waals surface area contributed by atoms with E-state index in [2.05, 4.69) is 19.8 Å². The summed E-state index contributed by atoms with van der Waals surface area (Å²) < 4.78 is 33.2. The molecule has 0 atom stereocenters. The van der Waals surface area contributed by atoms with E-state index in [9.17, 15) is 8.42 Å². The van der Waals surface area contributed by atoms with Gasteiger partial charge in [0, 0.05) is 25.3 Å². The topological polar surface area (TPSA) is 87.3 Å². The maximum absolute atomic E-state index is 12.5. The Bertz CT molecular complexity index is 807. The minimum absolute atomic E-state index is 0.328. The van der Waals surface area contributed by atoms with Crippen molar-refractivity contribution in [3.8, 4) is 10.6 Å². The quantitative estimate of drug-likeness (QED) is 0.710. The molecule has 3 heterocycles. The highest BCUT2D eigenvalue weighted by Gasteiger charge is 2.19. The first kappa shape index (κ1) is 18.5. The van der Waals surface area contributed by atoms with Crippen molar-refractivity contribution < 1.29 is 13.2 Å². The first-order valence-corrected chi connectivity index (χ1v) is 10.7. The van der Waals surface area contributed by atoms with E-state index in [-0.39, 0.29) is 0 Å². The average Bonchev–Trinajstić information content (AvgIpc) is 3.21. The van der Waals surface area contributed by atoms with Crippen molar-refractivity contribution in [2.24, 2.45) is 0 Å². The summed E-state index contributed by atoms with van der Waals surface area (Å²) in [4.78, 5) is 3.15. The van der Waals surface area contributed by atoms with Crippen LogP contribution >= 0.6 is 11.3 Å². The summed E-state index contributed by atoms with van der Waals surface area (Å²) >= 11 is 1.25. The number of aromatic amines is 1. The number of nitrogens with zero attached hydrogens (tertiary/aromatic N) is 2. The number of aromatic nitrogens is 2. The molecule has 0 saturated carbocycles. The smallest absolute Gasteiger partial charge is 0.250 e. The van der Waals surface area contributed by atoms with Gasteiger partial charge in [-0.3, -0.25) is 10.00 Å². The maximum Gasteiger partial charge on any atom is 0.250 e. The van der Waals surface area contributed by atoms with Crippen LogP contribution in [0.1, 0.15) is 17.7 Å². The van der Waals surface area contributed by atoms with E-state index in [1.165, 1.54) is 11.3 Å². The molecule has 0 aliphatic carbocycles. The maximum atomic E-state index is 12.5. The van der Waals surface area contributed by atoms with Crippen LogP contribution in [0.25, 0.3) is 10.6 Å². The van der Waals surface area contributed by atoms with E-state index >= 15 is 0 Å². The van der Waals surface area contributed by atoms with Gasteiger partial charge in [-0.05, 0) is 44.5 Å². The van der Waals surface area contributed by atoms with Gasteiger partial charge in [0.15, 0.2) is 0 Å². The number of rotatable bonds is 7. The number of morpholine rings is 1. The minimum atomic E-state index is -3.47. The van der Waals surface area contributed by atoms with Crippen LogP contribution in [0.5, 0.6) is 0 Å². The molecular weight excluding hydrogens is 360 g/mol. The van der Waals surface area contributed by atoms with Crippen molar-refractivity contribution in [3.05, 3.63) is 23.4 Å². The van der Waals surface area contributed by atoms with Gasteiger partial charge in [0.25, 0.3) is 0 Å². The molecule has 0 spiro atoms. The molecule has 9 heteroatoms. The number of sulfonamides is 1. The fourth-order valence-electron chi connectivity index (χ4n) is 2.72. The summed E-state index contributed by atoms with van der Waals surface area (Å²) in [5.74, 6) is 0. The van der Waals surface area contributed by atoms with E-state index in [0.29, 0.717) is 10.8 Å². The number of hydrogen-bond donors (Lipinski definition) is 2. The Morgan fingerprint density at radius 2 is 2.08 bits per heavy atom. The number of hydrogen-bond acceptors (Lipinski definition) is 6. The number of H-pyrrole nitrogens is 1. The van der Waals surface area contributed by atoms with Crippen molar-refractivity contribution in [3.63, 3.8) is 0 Å².